The summed E-state index contributed by atoms with van der Waals surface area (Å²) in [7, 11) is 0. The number of carbonyl (C=O) groups is 3. The van der Waals surface area contributed by atoms with Crippen molar-refractivity contribution in [3.63, 3.8) is 0 Å². The Hall–Kier alpha value is -3.03. The van der Waals surface area contributed by atoms with Crippen LogP contribution >= 0.6 is 23.2 Å². The molecular formula is C25H24Cl2F6N4O3. The van der Waals surface area contributed by atoms with E-state index in [0.29, 0.717) is 30.8 Å². The monoisotopic (exact) mass is 612 g/mol. The summed E-state index contributed by atoms with van der Waals surface area (Å²) in [4.78, 5) is 41.0. The van der Waals surface area contributed by atoms with E-state index in [9.17, 15) is 40.7 Å². The molecule has 0 spiro atoms. The first-order chi connectivity index (χ1) is 18.6. The maximum atomic E-state index is 13.3. The number of piperazine rings is 1. The van der Waals surface area contributed by atoms with Crippen LogP contribution in [-0.4, -0.2) is 66.8 Å². The fourth-order valence-corrected chi connectivity index (χ4v) is 4.43. The molecule has 2 N–H and O–H groups in total. The van der Waals surface area contributed by atoms with Crippen LogP contribution in [0.4, 0.5) is 26.3 Å². The molecule has 3 amide bonds. The lowest BCUT2D eigenvalue weighted by atomic mass is 10.00. The minimum atomic E-state index is -5.13. The second kappa shape index (κ2) is 12.6. The van der Waals surface area contributed by atoms with Crippen LogP contribution in [0.15, 0.2) is 36.4 Å². The van der Waals surface area contributed by atoms with E-state index in [4.69, 9.17) is 23.2 Å². The molecule has 1 aliphatic heterocycles. The van der Waals surface area contributed by atoms with Crippen LogP contribution < -0.4 is 10.6 Å². The number of alkyl halides is 6. The first kappa shape index (κ1) is 31.5. The van der Waals surface area contributed by atoms with Gasteiger partial charge >= 0.3 is 24.2 Å². The van der Waals surface area contributed by atoms with Crippen LogP contribution in [0.2, 0.25) is 10.0 Å². The average Bonchev–Trinajstić information content (AvgIpc) is 2.90. The Bertz CT molecular complexity index is 1240. The fourth-order valence-electron chi connectivity index (χ4n) is 4.12. The number of hydrogen-bond donors (Lipinski definition) is 2. The highest BCUT2D eigenvalue weighted by molar-refractivity contribution is 6.42. The predicted molar refractivity (Wildman–Crippen MR) is 135 cm³/mol. The molecule has 1 aliphatic rings. The van der Waals surface area contributed by atoms with Gasteiger partial charge in [-0.3, -0.25) is 14.4 Å². The fraction of sp³-hybridized carbons (Fsp3) is 0.400. The Morgan fingerprint density at radius 3 is 2.08 bits per heavy atom. The van der Waals surface area contributed by atoms with Crippen molar-refractivity contribution in [3.8, 4) is 0 Å². The molecule has 1 heterocycles. The Morgan fingerprint density at radius 1 is 0.900 bits per heavy atom. The molecule has 1 atom stereocenters. The lowest BCUT2D eigenvalue weighted by molar-refractivity contribution is -0.149. The van der Waals surface area contributed by atoms with Gasteiger partial charge in [0.25, 0.3) is 5.91 Å². The molecule has 3 rings (SSSR count). The summed E-state index contributed by atoms with van der Waals surface area (Å²) in [5.74, 6) is -2.96. The van der Waals surface area contributed by atoms with Crippen molar-refractivity contribution in [1.82, 2.24) is 20.4 Å². The third-order valence-electron chi connectivity index (χ3n) is 6.12. The number of benzene rings is 2. The number of amides is 3. The number of nitrogens with zero attached hydrogens (tertiary/aromatic N) is 2. The third kappa shape index (κ3) is 7.58. The van der Waals surface area contributed by atoms with Crippen molar-refractivity contribution >= 4 is 40.9 Å². The molecule has 1 saturated heterocycles. The molecule has 0 saturated carbocycles. The summed E-state index contributed by atoms with van der Waals surface area (Å²) in [5, 5.41) is 5.72. The van der Waals surface area contributed by atoms with Gasteiger partial charge in [-0.05, 0) is 42.4 Å². The normalized spacial score (nSPS) is 16.2. The van der Waals surface area contributed by atoms with Crippen LogP contribution in [0.3, 0.4) is 0 Å². The summed E-state index contributed by atoms with van der Waals surface area (Å²) in [6, 6.07) is 3.93. The SMILES string of the molecule is CCNCCNC(=O)C(=O)N1CCN(C(=O)c2cc(C(F)(F)F)cc(C(F)(F)F)c2)CC1c1ccc(Cl)c(Cl)c1. The molecule has 2 aromatic carbocycles. The van der Waals surface area contributed by atoms with E-state index in [1.54, 1.807) is 0 Å². The van der Waals surface area contributed by atoms with E-state index in [1.807, 2.05) is 6.92 Å². The average molecular weight is 613 g/mol. The zero-order chi connectivity index (χ0) is 29.8. The first-order valence-corrected chi connectivity index (χ1v) is 12.7. The van der Waals surface area contributed by atoms with Gasteiger partial charge in [0.2, 0.25) is 0 Å². The van der Waals surface area contributed by atoms with Gasteiger partial charge in [0.05, 0.1) is 27.2 Å². The molecule has 0 radical (unpaired) electrons. The highest BCUT2D eigenvalue weighted by atomic mass is 35.5. The standard InChI is InChI=1S/C25H24Cl2F6N4O3/c1-2-34-5-6-35-21(38)23(40)37-8-7-36(13-20(37)14-3-4-18(26)19(27)11-14)22(39)15-9-16(24(28,29)30)12-17(10-15)25(31,32)33/h3-4,9-12,20,34H,2,5-8,13H2,1H3,(H,35,38). The Labute approximate surface area is 235 Å². The summed E-state index contributed by atoms with van der Waals surface area (Å²) in [6.45, 7) is 2.24. The second-order valence-electron chi connectivity index (χ2n) is 8.84. The van der Waals surface area contributed by atoms with Gasteiger partial charge in [-0.1, -0.05) is 36.2 Å². The van der Waals surface area contributed by atoms with E-state index in [2.05, 4.69) is 10.6 Å². The highest BCUT2D eigenvalue weighted by Crippen LogP contribution is 2.37. The summed E-state index contributed by atoms with van der Waals surface area (Å²) in [6.07, 6.45) is -10.3. The number of carbonyl (C=O) groups excluding carboxylic acids is 3. The molecule has 0 aliphatic carbocycles. The largest absolute Gasteiger partial charge is 0.416 e. The van der Waals surface area contributed by atoms with Crippen LogP contribution in [-0.2, 0) is 21.9 Å². The molecule has 15 heteroatoms. The highest BCUT2D eigenvalue weighted by Gasteiger charge is 2.40. The van der Waals surface area contributed by atoms with Crippen LogP contribution in [0.5, 0.6) is 0 Å². The number of rotatable bonds is 6. The van der Waals surface area contributed by atoms with Crippen molar-refractivity contribution in [1.29, 1.82) is 0 Å². The second-order valence-corrected chi connectivity index (χ2v) is 9.66. The lowest BCUT2D eigenvalue weighted by Crippen LogP contribution is -2.55. The van der Waals surface area contributed by atoms with Gasteiger partial charge in [-0.25, -0.2) is 0 Å². The van der Waals surface area contributed by atoms with Crippen LogP contribution in [0.1, 0.15) is 40.0 Å². The molecule has 7 nitrogen and oxygen atoms in total. The van der Waals surface area contributed by atoms with Gasteiger partial charge in [-0.15, -0.1) is 0 Å². The van der Waals surface area contributed by atoms with Gasteiger partial charge in [0, 0.05) is 38.3 Å². The zero-order valence-electron chi connectivity index (χ0n) is 20.9. The van der Waals surface area contributed by atoms with Crippen molar-refractivity contribution in [2.24, 2.45) is 0 Å². The minimum Gasteiger partial charge on any atom is -0.347 e. The van der Waals surface area contributed by atoms with E-state index >= 15 is 0 Å². The van der Waals surface area contributed by atoms with Crippen molar-refractivity contribution in [2.45, 2.75) is 25.3 Å². The number of hydrogen-bond acceptors (Lipinski definition) is 4. The lowest BCUT2D eigenvalue weighted by Gasteiger charge is -2.41. The zero-order valence-corrected chi connectivity index (χ0v) is 22.4. The quantitative estimate of drug-likeness (QED) is 0.279. The van der Waals surface area contributed by atoms with E-state index in [-0.39, 0.29) is 42.3 Å². The van der Waals surface area contributed by atoms with E-state index < -0.39 is 52.8 Å². The van der Waals surface area contributed by atoms with Gasteiger partial charge < -0.3 is 20.4 Å². The van der Waals surface area contributed by atoms with Gasteiger partial charge in [-0.2, -0.15) is 26.3 Å². The number of halogens is 8. The summed E-state index contributed by atoms with van der Waals surface area (Å²) >= 11 is 12.1. The predicted octanol–water partition coefficient (Wildman–Crippen LogP) is 4.78. The Morgan fingerprint density at radius 2 is 1.52 bits per heavy atom. The van der Waals surface area contributed by atoms with Crippen molar-refractivity contribution < 1.29 is 40.7 Å². The van der Waals surface area contributed by atoms with Crippen LogP contribution in [0, 0.1) is 0 Å². The van der Waals surface area contributed by atoms with Crippen LogP contribution in [0.25, 0.3) is 0 Å². The van der Waals surface area contributed by atoms with E-state index in [0.717, 1.165) is 4.90 Å². The Kier molecular flexibility index (Phi) is 9.96. The molecule has 1 fully saturated rings. The molecule has 218 valence electrons. The van der Waals surface area contributed by atoms with Crippen molar-refractivity contribution in [3.05, 3.63) is 68.7 Å². The summed E-state index contributed by atoms with van der Waals surface area (Å²) < 4.78 is 80.0. The van der Waals surface area contributed by atoms with Crippen molar-refractivity contribution in [2.75, 3.05) is 39.3 Å². The molecule has 1 unspecified atom stereocenters. The molecular weight excluding hydrogens is 589 g/mol. The maximum Gasteiger partial charge on any atom is 0.416 e. The number of likely N-dealkylation sites (N-methyl/N-ethyl adjacent to an activating group) is 1. The number of nitrogens with one attached hydrogen (secondary N) is 2. The first-order valence-electron chi connectivity index (χ1n) is 12.0. The maximum absolute atomic E-state index is 13.3. The molecule has 2 aromatic rings. The van der Waals surface area contributed by atoms with Gasteiger partial charge in [0.15, 0.2) is 0 Å². The summed E-state index contributed by atoms with van der Waals surface area (Å²) in [5.41, 5.74) is -3.73. The minimum absolute atomic E-state index is 0.0689. The topological polar surface area (TPSA) is 81.8 Å². The van der Waals surface area contributed by atoms with E-state index in [1.165, 1.54) is 23.1 Å². The molecule has 0 aromatic heterocycles. The smallest absolute Gasteiger partial charge is 0.347 e. The molecule has 40 heavy (non-hydrogen) atoms. The third-order valence-corrected chi connectivity index (χ3v) is 6.86. The molecule has 0 bridgehead atoms. The van der Waals surface area contributed by atoms with Gasteiger partial charge in [0.1, 0.15) is 0 Å². The Balaban J connectivity index is 1.94.